The van der Waals surface area contributed by atoms with E-state index >= 15 is 0 Å². The molecule has 158 valence electrons. The van der Waals surface area contributed by atoms with Crippen LogP contribution in [0.3, 0.4) is 0 Å². The lowest BCUT2D eigenvalue weighted by atomic mass is 10.1. The highest BCUT2D eigenvalue weighted by atomic mass is 16.6. The van der Waals surface area contributed by atoms with Gasteiger partial charge in [-0.1, -0.05) is 91.0 Å². The number of carbonyl (C=O) groups is 3. The number of alkyl carbamates (subject to hydrolysis) is 1. The fourth-order valence-electron chi connectivity index (χ4n) is 2.89. The molecule has 0 saturated heterocycles. The minimum absolute atomic E-state index is 0.0757. The Labute approximate surface area is 180 Å². The Morgan fingerprint density at radius 2 is 1.26 bits per heavy atom. The molecule has 0 aliphatic carbocycles. The number of rotatable bonds is 9. The molecule has 3 rings (SSSR count). The molecule has 6 nitrogen and oxygen atoms in total. The Balaban J connectivity index is 1.60. The molecule has 31 heavy (non-hydrogen) atoms. The van der Waals surface area contributed by atoms with E-state index in [9.17, 15) is 14.4 Å². The number of nitrogens with one attached hydrogen (secondary N) is 1. The predicted octanol–water partition coefficient (Wildman–Crippen LogP) is 3.95. The highest BCUT2D eigenvalue weighted by molar-refractivity contribution is 5.98. The van der Waals surface area contributed by atoms with E-state index in [0.717, 1.165) is 11.1 Å². The minimum Gasteiger partial charge on any atom is -0.456 e. The Kier molecular flexibility index (Phi) is 7.94. The van der Waals surface area contributed by atoms with Gasteiger partial charge in [0.05, 0.1) is 0 Å². The van der Waals surface area contributed by atoms with Gasteiger partial charge in [-0.3, -0.25) is 4.79 Å². The van der Waals surface area contributed by atoms with Crippen LogP contribution in [-0.2, 0) is 27.3 Å². The second-order valence-electron chi connectivity index (χ2n) is 6.85. The smallest absolute Gasteiger partial charge is 0.408 e. The Bertz CT molecular complexity index is 990. The molecule has 0 aliphatic heterocycles. The molecule has 0 fully saturated rings. The first-order valence-corrected chi connectivity index (χ1v) is 9.88. The van der Waals surface area contributed by atoms with Crippen LogP contribution in [0, 0.1) is 0 Å². The third kappa shape index (κ3) is 7.12. The number of ether oxygens (including phenoxy) is 2. The van der Waals surface area contributed by atoms with Crippen LogP contribution in [0.1, 0.15) is 21.5 Å². The summed E-state index contributed by atoms with van der Waals surface area (Å²) in [6, 6.07) is 26.0. The first kappa shape index (κ1) is 21.8. The minimum atomic E-state index is -0.991. The van der Waals surface area contributed by atoms with Crippen molar-refractivity contribution in [3.05, 3.63) is 108 Å². The standard InChI is InChI=1S/C25H23NO5/c27-23(21-14-8-3-9-15-21)18-30-24(28)22(16-19-10-4-1-5-11-19)26-25(29)31-17-20-12-6-2-7-13-20/h1-15,22H,16-18H2,(H,26,29). The molecule has 6 heteroatoms. The topological polar surface area (TPSA) is 81.7 Å². The van der Waals surface area contributed by atoms with Crippen LogP contribution in [0.25, 0.3) is 0 Å². The summed E-state index contributed by atoms with van der Waals surface area (Å²) in [7, 11) is 0. The van der Waals surface area contributed by atoms with Crippen molar-refractivity contribution in [1.82, 2.24) is 5.32 Å². The highest BCUT2D eigenvalue weighted by Gasteiger charge is 2.24. The first-order valence-electron chi connectivity index (χ1n) is 9.88. The van der Waals surface area contributed by atoms with Crippen LogP contribution in [0.2, 0.25) is 0 Å². The third-order valence-electron chi connectivity index (χ3n) is 4.51. The molecule has 0 aliphatic rings. The molecule has 1 unspecified atom stereocenters. The molecule has 3 aromatic rings. The lowest BCUT2D eigenvalue weighted by molar-refractivity contribution is -0.144. The maximum Gasteiger partial charge on any atom is 0.408 e. The largest absolute Gasteiger partial charge is 0.456 e. The average molecular weight is 417 g/mol. The van der Waals surface area contributed by atoms with Crippen LogP contribution < -0.4 is 5.32 Å². The fourth-order valence-corrected chi connectivity index (χ4v) is 2.89. The molecule has 0 aromatic heterocycles. The highest BCUT2D eigenvalue weighted by Crippen LogP contribution is 2.07. The van der Waals surface area contributed by atoms with Crippen molar-refractivity contribution in [2.24, 2.45) is 0 Å². The Hall–Kier alpha value is -3.93. The quantitative estimate of drug-likeness (QED) is 0.421. The molecule has 1 N–H and O–H groups in total. The van der Waals surface area contributed by atoms with Crippen molar-refractivity contribution in [3.63, 3.8) is 0 Å². The van der Waals surface area contributed by atoms with Gasteiger partial charge in [-0.15, -0.1) is 0 Å². The summed E-state index contributed by atoms with van der Waals surface area (Å²) >= 11 is 0. The molecular formula is C25H23NO5. The van der Waals surface area contributed by atoms with Crippen LogP contribution in [0.4, 0.5) is 4.79 Å². The van der Waals surface area contributed by atoms with Crippen LogP contribution in [-0.4, -0.2) is 30.5 Å². The van der Waals surface area contributed by atoms with Crippen LogP contribution in [0.5, 0.6) is 0 Å². The van der Waals surface area contributed by atoms with Crippen molar-refractivity contribution >= 4 is 17.8 Å². The molecule has 0 bridgehead atoms. The Morgan fingerprint density at radius 1 is 0.710 bits per heavy atom. The number of carbonyl (C=O) groups excluding carboxylic acids is 3. The van der Waals surface area contributed by atoms with Crippen molar-refractivity contribution in [3.8, 4) is 0 Å². The summed E-state index contributed by atoms with van der Waals surface area (Å²) in [5, 5.41) is 2.55. The fraction of sp³-hybridized carbons (Fsp3) is 0.160. The lowest BCUT2D eigenvalue weighted by Crippen LogP contribution is -2.44. The van der Waals surface area contributed by atoms with Gasteiger partial charge in [-0.05, 0) is 11.1 Å². The van der Waals surface area contributed by atoms with Crippen molar-refractivity contribution in [2.75, 3.05) is 6.61 Å². The number of Topliss-reactive ketones (excluding diaryl/α,β-unsaturated/α-hetero) is 1. The van der Waals surface area contributed by atoms with Crippen LogP contribution >= 0.6 is 0 Å². The summed E-state index contributed by atoms with van der Waals surface area (Å²) in [5.74, 6) is -1.02. The summed E-state index contributed by atoms with van der Waals surface area (Å²) in [5.41, 5.74) is 2.11. The van der Waals surface area contributed by atoms with Gasteiger partial charge in [0.25, 0.3) is 0 Å². The van der Waals surface area contributed by atoms with Gasteiger partial charge < -0.3 is 14.8 Å². The normalized spacial score (nSPS) is 11.2. The van der Waals surface area contributed by atoms with E-state index in [4.69, 9.17) is 9.47 Å². The molecule has 0 spiro atoms. The molecule has 1 amide bonds. The number of amides is 1. The molecule has 0 radical (unpaired) electrons. The monoisotopic (exact) mass is 417 g/mol. The SMILES string of the molecule is O=C(NC(Cc1ccccc1)C(=O)OCC(=O)c1ccccc1)OCc1ccccc1. The van der Waals surface area contributed by atoms with Gasteiger partial charge >= 0.3 is 12.1 Å². The van der Waals surface area contributed by atoms with Gasteiger partial charge in [-0.25, -0.2) is 9.59 Å². The Morgan fingerprint density at radius 3 is 1.87 bits per heavy atom. The van der Waals surface area contributed by atoms with E-state index in [-0.39, 0.29) is 18.8 Å². The van der Waals surface area contributed by atoms with E-state index in [1.165, 1.54) is 0 Å². The zero-order valence-corrected chi connectivity index (χ0v) is 16.9. The number of hydrogen-bond donors (Lipinski definition) is 1. The van der Waals surface area contributed by atoms with Gasteiger partial charge in [0.2, 0.25) is 0 Å². The van der Waals surface area contributed by atoms with E-state index in [2.05, 4.69) is 5.32 Å². The number of hydrogen-bond acceptors (Lipinski definition) is 5. The summed E-state index contributed by atoms with van der Waals surface area (Å²) in [4.78, 5) is 37.1. The average Bonchev–Trinajstić information content (AvgIpc) is 2.82. The zero-order chi connectivity index (χ0) is 21.9. The van der Waals surface area contributed by atoms with Crippen molar-refractivity contribution in [1.29, 1.82) is 0 Å². The van der Waals surface area contributed by atoms with Crippen LogP contribution in [0.15, 0.2) is 91.0 Å². The molecule has 0 heterocycles. The molecule has 0 saturated carbocycles. The number of benzene rings is 3. The molecule has 1 atom stereocenters. The van der Waals surface area contributed by atoms with E-state index in [1.807, 2.05) is 60.7 Å². The van der Waals surface area contributed by atoms with E-state index in [1.54, 1.807) is 30.3 Å². The maximum absolute atomic E-state index is 12.6. The van der Waals surface area contributed by atoms with Gasteiger partial charge in [0.15, 0.2) is 12.4 Å². The van der Waals surface area contributed by atoms with Gasteiger partial charge in [-0.2, -0.15) is 0 Å². The van der Waals surface area contributed by atoms with Gasteiger partial charge in [0.1, 0.15) is 12.6 Å². The first-order chi connectivity index (χ1) is 15.1. The predicted molar refractivity (Wildman–Crippen MR) is 115 cm³/mol. The lowest BCUT2D eigenvalue weighted by Gasteiger charge is -2.17. The summed E-state index contributed by atoms with van der Waals surface area (Å²) in [6.45, 7) is -0.332. The number of esters is 1. The van der Waals surface area contributed by atoms with E-state index in [0.29, 0.717) is 5.56 Å². The zero-order valence-electron chi connectivity index (χ0n) is 16.9. The summed E-state index contributed by atoms with van der Waals surface area (Å²) < 4.78 is 10.4. The van der Waals surface area contributed by atoms with Crippen molar-refractivity contribution in [2.45, 2.75) is 19.1 Å². The number of ketones is 1. The second kappa shape index (κ2) is 11.3. The molecular weight excluding hydrogens is 394 g/mol. The molecule has 3 aromatic carbocycles. The third-order valence-corrected chi connectivity index (χ3v) is 4.51. The second-order valence-corrected chi connectivity index (χ2v) is 6.85. The van der Waals surface area contributed by atoms with E-state index < -0.39 is 24.7 Å². The van der Waals surface area contributed by atoms with Crippen molar-refractivity contribution < 1.29 is 23.9 Å². The maximum atomic E-state index is 12.6. The van der Waals surface area contributed by atoms with Gasteiger partial charge in [0, 0.05) is 12.0 Å². The summed E-state index contributed by atoms with van der Waals surface area (Å²) in [6.07, 6.45) is -0.532.